The maximum absolute atomic E-state index is 12.8. The van der Waals surface area contributed by atoms with Crippen molar-refractivity contribution >= 4 is 29.0 Å². The van der Waals surface area contributed by atoms with Crippen molar-refractivity contribution in [3.63, 3.8) is 0 Å². The van der Waals surface area contributed by atoms with Gasteiger partial charge in [0.25, 0.3) is 11.1 Å². The molecule has 140 valence electrons. The number of alkyl halides is 3. The number of phenols is 2. The van der Waals surface area contributed by atoms with Gasteiger partial charge in [0.15, 0.2) is 11.5 Å². The van der Waals surface area contributed by atoms with E-state index in [1.165, 1.54) is 36.4 Å². The quantitative estimate of drug-likeness (QED) is 0.597. The summed E-state index contributed by atoms with van der Waals surface area (Å²) in [7, 11) is 0. The van der Waals surface area contributed by atoms with E-state index < -0.39 is 28.6 Å². The van der Waals surface area contributed by atoms with Crippen LogP contribution in [-0.2, 0) is 17.5 Å². The standard InChI is InChI=1S/C18H12F3NO4S/c19-18(20,21)12-5-1-3-10(7-12)9-22-16(25)14(27-17(22)26)8-11-4-2-6-13(23)15(11)24/h1-8,23-24H,9H2/b14-8-. The molecule has 1 aliphatic rings. The highest BCUT2D eigenvalue weighted by molar-refractivity contribution is 8.18. The average Bonchev–Trinajstić information content (AvgIpc) is 2.86. The molecule has 3 rings (SSSR count). The van der Waals surface area contributed by atoms with Crippen molar-refractivity contribution in [3.8, 4) is 11.5 Å². The summed E-state index contributed by atoms with van der Waals surface area (Å²) in [6, 6.07) is 8.53. The largest absolute Gasteiger partial charge is 0.504 e. The maximum Gasteiger partial charge on any atom is 0.416 e. The van der Waals surface area contributed by atoms with Crippen LogP contribution in [0.1, 0.15) is 16.7 Å². The van der Waals surface area contributed by atoms with E-state index in [-0.39, 0.29) is 28.3 Å². The highest BCUT2D eigenvalue weighted by Crippen LogP contribution is 2.37. The topological polar surface area (TPSA) is 77.8 Å². The number of para-hydroxylation sites is 1. The van der Waals surface area contributed by atoms with Gasteiger partial charge in [0, 0.05) is 5.56 Å². The number of hydrogen-bond acceptors (Lipinski definition) is 5. The Balaban J connectivity index is 1.85. The first kappa shape index (κ1) is 18.8. The van der Waals surface area contributed by atoms with Crippen LogP contribution in [0.4, 0.5) is 18.0 Å². The predicted octanol–water partition coefficient (Wildman–Crippen LogP) is 4.35. The van der Waals surface area contributed by atoms with Crippen LogP contribution in [0, 0.1) is 0 Å². The molecule has 5 nitrogen and oxygen atoms in total. The van der Waals surface area contributed by atoms with E-state index >= 15 is 0 Å². The Morgan fingerprint density at radius 2 is 1.78 bits per heavy atom. The zero-order valence-corrected chi connectivity index (χ0v) is 14.3. The molecule has 0 spiro atoms. The molecule has 0 bridgehead atoms. The molecule has 0 saturated carbocycles. The van der Waals surface area contributed by atoms with Crippen molar-refractivity contribution in [1.29, 1.82) is 0 Å². The number of aromatic hydroxyl groups is 2. The van der Waals surface area contributed by atoms with Gasteiger partial charge in [0.05, 0.1) is 17.0 Å². The Morgan fingerprint density at radius 1 is 1.07 bits per heavy atom. The fourth-order valence-electron chi connectivity index (χ4n) is 2.47. The molecule has 2 aromatic carbocycles. The van der Waals surface area contributed by atoms with E-state index in [1.54, 1.807) is 0 Å². The third kappa shape index (κ3) is 3.92. The lowest BCUT2D eigenvalue weighted by molar-refractivity contribution is -0.137. The van der Waals surface area contributed by atoms with Crippen LogP contribution in [0.2, 0.25) is 0 Å². The smallest absolute Gasteiger partial charge is 0.416 e. The molecule has 27 heavy (non-hydrogen) atoms. The van der Waals surface area contributed by atoms with Crippen molar-refractivity contribution in [2.24, 2.45) is 0 Å². The first-order chi connectivity index (χ1) is 12.7. The van der Waals surface area contributed by atoms with E-state index in [9.17, 15) is 33.0 Å². The molecular formula is C18H12F3NO4S. The highest BCUT2D eigenvalue weighted by Gasteiger charge is 2.36. The predicted molar refractivity (Wildman–Crippen MR) is 92.7 cm³/mol. The van der Waals surface area contributed by atoms with Crippen molar-refractivity contribution in [3.05, 3.63) is 64.1 Å². The van der Waals surface area contributed by atoms with E-state index in [4.69, 9.17) is 0 Å². The van der Waals surface area contributed by atoms with Gasteiger partial charge in [0.2, 0.25) is 0 Å². The Labute approximate surface area is 155 Å². The summed E-state index contributed by atoms with van der Waals surface area (Å²) in [6.07, 6.45) is -3.28. The minimum atomic E-state index is -4.53. The van der Waals surface area contributed by atoms with Gasteiger partial charge in [-0.1, -0.05) is 24.3 Å². The summed E-state index contributed by atoms with van der Waals surface area (Å²) in [6.45, 7) is -0.308. The molecule has 9 heteroatoms. The number of hydrogen-bond donors (Lipinski definition) is 2. The lowest BCUT2D eigenvalue weighted by Crippen LogP contribution is -2.27. The molecule has 1 heterocycles. The Kier molecular flexibility index (Phi) is 4.88. The lowest BCUT2D eigenvalue weighted by Gasteiger charge is -2.14. The molecule has 0 radical (unpaired) electrons. The van der Waals surface area contributed by atoms with Crippen molar-refractivity contribution < 1.29 is 33.0 Å². The summed E-state index contributed by atoms with van der Waals surface area (Å²) in [4.78, 5) is 25.4. The van der Waals surface area contributed by atoms with Crippen LogP contribution in [0.25, 0.3) is 6.08 Å². The van der Waals surface area contributed by atoms with Crippen LogP contribution >= 0.6 is 11.8 Å². The summed E-state index contributed by atoms with van der Waals surface area (Å²) in [5, 5.41) is 18.7. The van der Waals surface area contributed by atoms with E-state index in [2.05, 4.69) is 0 Å². The fraction of sp³-hybridized carbons (Fsp3) is 0.111. The van der Waals surface area contributed by atoms with Gasteiger partial charge in [-0.3, -0.25) is 14.5 Å². The van der Waals surface area contributed by atoms with Gasteiger partial charge in [0.1, 0.15) is 0 Å². The Hall–Kier alpha value is -2.94. The molecule has 0 atom stereocenters. The third-order valence-corrected chi connectivity index (χ3v) is 4.71. The second-order valence-electron chi connectivity index (χ2n) is 5.68. The highest BCUT2D eigenvalue weighted by atomic mass is 32.2. The maximum atomic E-state index is 12.8. The third-order valence-electron chi connectivity index (χ3n) is 3.80. The van der Waals surface area contributed by atoms with Gasteiger partial charge < -0.3 is 10.2 Å². The molecule has 0 aliphatic carbocycles. The first-order valence-electron chi connectivity index (χ1n) is 7.59. The molecule has 1 aliphatic heterocycles. The summed E-state index contributed by atoms with van der Waals surface area (Å²) in [5.74, 6) is -1.51. The zero-order valence-electron chi connectivity index (χ0n) is 13.5. The monoisotopic (exact) mass is 395 g/mol. The van der Waals surface area contributed by atoms with Crippen LogP contribution in [0.3, 0.4) is 0 Å². The van der Waals surface area contributed by atoms with Gasteiger partial charge in [-0.25, -0.2) is 0 Å². The minimum Gasteiger partial charge on any atom is -0.504 e. The van der Waals surface area contributed by atoms with Crippen molar-refractivity contribution in [2.75, 3.05) is 0 Å². The number of carbonyl (C=O) groups excluding carboxylic acids is 2. The molecule has 2 amide bonds. The van der Waals surface area contributed by atoms with Crippen molar-refractivity contribution in [1.82, 2.24) is 4.90 Å². The zero-order chi connectivity index (χ0) is 19.8. The van der Waals surface area contributed by atoms with Gasteiger partial charge in [-0.15, -0.1) is 0 Å². The number of rotatable bonds is 3. The van der Waals surface area contributed by atoms with Crippen LogP contribution in [0.15, 0.2) is 47.4 Å². The number of benzene rings is 2. The Morgan fingerprint density at radius 3 is 2.48 bits per heavy atom. The van der Waals surface area contributed by atoms with Crippen molar-refractivity contribution in [2.45, 2.75) is 12.7 Å². The first-order valence-corrected chi connectivity index (χ1v) is 8.41. The summed E-state index contributed by atoms with van der Waals surface area (Å²) in [5.41, 5.74) is -0.569. The van der Waals surface area contributed by atoms with Gasteiger partial charge >= 0.3 is 6.18 Å². The second-order valence-corrected chi connectivity index (χ2v) is 6.67. The molecular weight excluding hydrogens is 383 g/mol. The number of nitrogens with zero attached hydrogens (tertiary/aromatic N) is 1. The number of imide groups is 1. The van der Waals surface area contributed by atoms with E-state index in [0.29, 0.717) is 11.8 Å². The number of halogens is 3. The molecule has 0 unspecified atom stereocenters. The summed E-state index contributed by atoms with van der Waals surface area (Å²) >= 11 is 0.604. The number of amides is 2. The molecule has 1 fully saturated rings. The SMILES string of the molecule is O=C1S/C(=C\c2cccc(O)c2O)C(=O)N1Cc1cccc(C(F)(F)F)c1. The van der Waals surface area contributed by atoms with Gasteiger partial charge in [-0.2, -0.15) is 13.2 Å². The molecule has 2 N–H and O–H groups in total. The van der Waals surface area contributed by atoms with Crippen LogP contribution in [0.5, 0.6) is 11.5 Å². The van der Waals surface area contributed by atoms with Crippen LogP contribution < -0.4 is 0 Å². The van der Waals surface area contributed by atoms with E-state index in [1.807, 2.05) is 0 Å². The molecule has 2 aromatic rings. The average molecular weight is 395 g/mol. The fourth-order valence-corrected chi connectivity index (χ4v) is 3.30. The number of phenolic OH excluding ortho intramolecular Hbond substituents is 2. The second kappa shape index (κ2) is 6.99. The molecule has 1 saturated heterocycles. The molecule has 0 aromatic heterocycles. The number of thioether (sulfide) groups is 1. The van der Waals surface area contributed by atoms with Gasteiger partial charge in [-0.05, 0) is 41.6 Å². The Bertz CT molecular complexity index is 956. The summed E-state index contributed by atoms with van der Waals surface area (Å²) < 4.78 is 38.4. The van der Waals surface area contributed by atoms with Crippen LogP contribution in [-0.4, -0.2) is 26.3 Å². The normalized spacial score (nSPS) is 16.4. The van der Waals surface area contributed by atoms with E-state index in [0.717, 1.165) is 17.0 Å². The minimum absolute atomic E-state index is 0.00660. The lowest BCUT2D eigenvalue weighted by atomic mass is 10.1. The number of carbonyl (C=O) groups is 2.